The van der Waals surface area contributed by atoms with Gasteiger partial charge in [-0.3, -0.25) is 14.7 Å². The lowest BCUT2D eigenvalue weighted by Gasteiger charge is -2.32. The number of nitrogens with one attached hydrogen (secondary N) is 1. The van der Waals surface area contributed by atoms with Crippen LogP contribution in [-0.4, -0.2) is 35.4 Å². The molecule has 1 aromatic carbocycles. The largest absolute Gasteiger partial charge is 0.422 e. The van der Waals surface area contributed by atoms with Crippen LogP contribution >= 0.6 is 0 Å². The van der Waals surface area contributed by atoms with Gasteiger partial charge in [0.2, 0.25) is 0 Å². The van der Waals surface area contributed by atoms with E-state index in [0.717, 1.165) is 37.9 Å². The van der Waals surface area contributed by atoms with Crippen LogP contribution < -0.4 is 10.9 Å². The fourth-order valence-corrected chi connectivity index (χ4v) is 3.65. The van der Waals surface area contributed by atoms with E-state index in [-0.39, 0.29) is 11.5 Å². The third kappa shape index (κ3) is 4.28. The summed E-state index contributed by atoms with van der Waals surface area (Å²) < 4.78 is 5.25. The number of fused-ring (bicyclic) bond motifs is 1. The van der Waals surface area contributed by atoms with Crippen molar-refractivity contribution in [3.05, 3.63) is 76.4 Å². The quantitative estimate of drug-likeness (QED) is 0.692. The van der Waals surface area contributed by atoms with E-state index in [9.17, 15) is 9.59 Å². The fraction of sp³-hybridized carbons (Fsp3) is 0.318. The average molecular weight is 377 g/mol. The van der Waals surface area contributed by atoms with E-state index in [1.807, 2.05) is 36.7 Å². The monoisotopic (exact) mass is 377 g/mol. The number of carbonyl (C=O) groups is 1. The van der Waals surface area contributed by atoms with E-state index < -0.39 is 5.63 Å². The molecule has 0 aliphatic carbocycles. The van der Waals surface area contributed by atoms with Crippen molar-refractivity contribution in [3.8, 4) is 0 Å². The van der Waals surface area contributed by atoms with Crippen molar-refractivity contribution in [1.82, 2.24) is 15.2 Å². The second-order valence-electron chi connectivity index (χ2n) is 7.27. The molecule has 1 amide bonds. The van der Waals surface area contributed by atoms with Gasteiger partial charge in [-0.25, -0.2) is 4.79 Å². The van der Waals surface area contributed by atoms with Gasteiger partial charge in [-0.1, -0.05) is 18.2 Å². The maximum absolute atomic E-state index is 12.5. The Morgan fingerprint density at radius 3 is 2.68 bits per heavy atom. The number of hydrogen-bond acceptors (Lipinski definition) is 5. The van der Waals surface area contributed by atoms with Gasteiger partial charge in [-0.2, -0.15) is 0 Å². The summed E-state index contributed by atoms with van der Waals surface area (Å²) in [7, 11) is 0. The van der Waals surface area contributed by atoms with E-state index in [4.69, 9.17) is 4.42 Å². The van der Waals surface area contributed by atoms with E-state index in [0.29, 0.717) is 18.0 Å². The molecule has 6 heteroatoms. The Balaban J connectivity index is 1.30. The van der Waals surface area contributed by atoms with Gasteiger partial charge in [0.1, 0.15) is 11.1 Å². The Bertz CT molecular complexity index is 1010. The van der Waals surface area contributed by atoms with Crippen molar-refractivity contribution in [3.63, 3.8) is 0 Å². The molecule has 0 radical (unpaired) electrons. The van der Waals surface area contributed by atoms with Crippen LogP contribution in [0.5, 0.6) is 0 Å². The predicted octanol–water partition coefficient (Wildman–Crippen LogP) is 2.83. The number of aromatic nitrogens is 1. The maximum atomic E-state index is 12.5. The minimum atomic E-state index is -0.594. The molecule has 1 saturated heterocycles. The highest BCUT2D eigenvalue weighted by atomic mass is 16.4. The average Bonchev–Trinajstić information content (AvgIpc) is 2.73. The first-order valence-electron chi connectivity index (χ1n) is 9.61. The first-order valence-corrected chi connectivity index (χ1v) is 9.61. The van der Waals surface area contributed by atoms with Gasteiger partial charge in [0, 0.05) is 30.9 Å². The van der Waals surface area contributed by atoms with Crippen molar-refractivity contribution in [2.75, 3.05) is 19.6 Å². The Kier molecular flexibility index (Phi) is 5.48. The Morgan fingerprint density at radius 2 is 1.89 bits per heavy atom. The third-order valence-corrected chi connectivity index (χ3v) is 5.30. The van der Waals surface area contributed by atoms with Gasteiger partial charge in [0.25, 0.3) is 5.91 Å². The lowest BCUT2D eigenvalue weighted by Crippen LogP contribution is -2.39. The third-order valence-electron chi connectivity index (χ3n) is 5.30. The van der Waals surface area contributed by atoms with Crippen LogP contribution in [0.1, 0.15) is 28.8 Å². The van der Waals surface area contributed by atoms with Crippen molar-refractivity contribution >= 4 is 16.9 Å². The van der Waals surface area contributed by atoms with Crippen molar-refractivity contribution < 1.29 is 9.21 Å². The number of para-hydroxylation sites is 1. The van der Waals surface area contributed by atoms with Gasteiger partial charge >= 0.3 is 5.63 Å². The molecule has 0 atom stereocenters. The standard InChI is InChI=1S/C22H23N3O3/c26-21(19-13-18-3-1-2-4-20(18)28-22(19)27)24-14-16-7-11-25(12-8-16)15-17-5-9-23-10-6-17/h1-6,9-10,13,16H,7-8,11-12,14-15H2,(H,24,26). The maximum Gasteiger partial charge on any atom is 0.349 e. The summed E-state index contributed by atoms with van der Waals surface area (Å²) in [5, 5.41) is 3.66. The zero-order valence-corrected chi connectivity index (χ0v) is 15.6. The molecule has 144 valence electrons. The molecule has 0 saturated carbocycles. The second-order valence-corrected chi connectivity index (χ2v) is 7.27. The van der Waals surface area contributed by atoms with E-state index in [1.165, 1.54) is 5.56 Å². The highest BCUT2D eigenvalue weighted by molar-refractivity contribution is 5.96. The normalized spacial score (nSPS) is 15.6. The van der Waals surface area contributed by atoms with Gasteiger partial charge in [-0.15, -0.1) is 0 Å². The molecule has 6 nitrogen and oxygen atoms in total. The minimum absolute atomic E-state index is 0.0637. The molecule has 3 aromatic rings. The number of pyridine rings is 1. The number of rotatable bonds is 5. The summed E-state index contributed by atoms with van der Waals surface area (Å²) in [4.78, 5) is 31.0. The van der Waals surface area contributed by atoms with Crippen LogP contribution in [0, 0.1) is 5.92 Å². The Hall–Kier alpha value is -2.99. The highest BCUT2D eigenvalue weighted by Gasteiger charge is 2.21. The van der Waals surface area contributed by atoms with Gasteiger partial charge < -0.3 is 9.73 Å². The molecule has 4 rings (SSSR count). The molecule has 1 aliphatic heterocycles. The number of nitrogens with zero attached hydrogens (tertiary/aromatic N) is 2. The molecule has 1 fully saturated rings. The molecule has 1 aliphatic rings. The van der Waals surface area contributed by atoms with Gasteiger partial charge in [0.05, 0.1) is 0 Å². The summed E-state index contributed by atoms with van der Waals surface area (Å²) >= 11 is 0. The topological polar surface area (TPSA) is 75.4 Å². The Morgan fingerprint density at radius 1 is 1.14 bits per heavy atom. The molecular weight excluding hydrogens is 354 g/mol. The van der Waals surface area contributed by atoms with Crippen LogP contribution in [0.2, 0.25) is 0 Å². The van der Waals surface area contributed by atoms with Crippen molar-refractivity contribution in [2.45, 2.75) is 19.4 Å². The van der Waals surface area contributed by atoms with Crippen molar-refractivity contribution in [1.29, 1.82) is 0 Å². The summed E-state index contributed by atoms with van der Waals surface area (Å²) in [5.41, 5.74) is 1.23. The molecule has 0 bridgehead atoms. The minimum Gasteiger partial charge on any atom is -0.422 e. The number of likely N-dealkylation sites (tertiary alicyclic amines) is 1. The Labute approximate surface area is 163 Å². The number of benzene rings is 1. The molecule has 2 aromatic heterocycles. The number of amides is 1. The van der Waals surface area contributed by atoms with Crippen LogP contribution in [0.15, 0.2) is 64.1 Å². The highest BCUT2D eigenvalue weighted by Crippen LogP contribution is 2.18. The first-order chi connectivity index (χ1) is 13.7. The smallest absolute Gasteiger partial charge is 0.349 e. The number of hydrogen-bond donors (Lipinski definition) is 1. The van der Waals surface area contributed by atoms with Crippen LogP contribution in [0.25, 0.3) is 11.0 Å². The summed E-state index contributed by atoms with van der Waals surface area (Å²) in [6.07, 6.45) is 5.69. The zero-order chi connectivity index (χ0) is 19.3. The van der Waals surface area contributed by atoms with E-state index in [1.54, 1.807) is 18.2 Å². The molecule has 3 heterocycles. The molecule has 1 N–H and O–H groups in total. The summed E-state index contributed by atoms with van der Waals surface area (Å²) in [5.74, 6) is 0.0591. The van der Waals surface area contributed by atoms with Gasteiger partial charge in [-0.05, 0) is 61.7 Å². The van der Waals surface area contributed by atoms with E-state index in [2.05, 4.69) is 15.2 Å². The molecular formula is C22H23N3O3. The fourth-order valence-electron chi connectivity index (χ4n) is 3.65. The predicted molar refractivity (Wildman–Crippen MR) is 107 cm³/mol. The van der Waals surface area contributed by atoms with Crippen LogP contribution in [-0.2, 0) is 6.54 Å². The number of piperidine rings is 1. The summed E-state index contributed by atoms with van der Waals surface area (Å²) in [6, 6.07) is 12.9. The molecule has 0 spiro atoms. The lowest BCUT2D eigenvalue weighted by molar-refractivity contribution is 0.0931. The first kappa shape index (κ1) is 18.4. The van der Waals surface area contributed by atoms with Gasteiger partial charge in [0.15, 0.2) is 0 Å². The second kappa shape index (κ2) is 8.35. The van der Waals surface area contributed by atoms with Crippen LogP contribution in [0.4, 0.5) is 0 Å². The zero-order valence-electron chi connectivity index (χ0n) is 15.6. The molecule has 28 heavy (non-hydrogen) atoms. The van der Waals surface area contributed by atoms with E-state index >= 15 is 0 Å². The van der Waals surface area contributed by atoms with Crippen molar-refractivity contribution in [2.24, 2.45) is 5.92 Å². The molecule has 0 unspecified atom stereocenters. The number of carbonyl (C=O) groups excluding carboxylic acids is 1. The lowest BCUT2D eigenvalue weighted by atomic mass is 9.96. The van der Waals surface area contributed by atoms with Crippen LogP contribution in [0.3, 0.4) is 0 Å². The SMILES string of the molecule is O=C(NCC1CCN(Cc2ccncc2)CC1)c1cc2ccccc2oc1=O. The summed E-state index contributed by atoms with van der Waals surface area (Å²) in [6.45, 7) is 3.51.